The van der Waals surface area contributed by atoms with E-state index in [0.29, 0.717) is 11.5 Å². The Morgan fingerprint density at radius 2 is 1.76 bits per heavy atom. The third kappa shape index (κ3) is 1.74. The number of nitrogens with zero attached hydrogens (tertiary/aromatic N) is 4. The van der Waals surface area contributed by atoms with Gasteiger partial charge in [0.25, 0.3) is 0 Å². The molecule has 0 spiro atoms. The maximum Gasteiger partial charge on any atom is 0.186 e. The molecule has 102 valence electrons. The highest BCUT2D eigenvalue weighted by atomic mass is 15.4. The minimum absolute atomic E-state index is 0.696. The summed E-state index contributed by atoms with van der Waals surface area (Å²) in [6.45, 7) is 1.99. The van der Waals surface area contributed by atoms with Gasteiger partial charge in [0.05, 0.1) is 5.69 Å². The molecule has 2 heterocycles. The largest absolute Gasteiger partial charge is 0.399 e. The van der Waals surface area contributed by atoms with Crippen LogP contribution >= 0.6 is 0 Å². The van der Waals surface area contributed by atoms with Crippen molar-refractivity contribution in [2.45, 2.75) is 6.92 Å². The standard InChI is InChI=1S/C16H13N5/c1-10-13-7-2-3-8-14(13)16-19-18-15(21(16)20-10)11-5-4-6-12(17)9-11/h2-9H,17H2,1H3. The van der Waals surface area contributed by atoms with E-state index in [9.17, 15) is 0 Å². The van der Waals surface area contributed by atoms with Crippen LogP contribution < -0.4 is 5.73 Å². The van der Waals surface area contributed by atoms with Crippen molar-refractivity contribution in [1.29, 1.82) is 0 Å². The van der Waals surface area contributed by atoms with Gasteiger partial charge < -0.3 is 5.73 Å². The number of hydrogen-bond donors (Lipinski definition) is 1. The lowest BCUT2D eigenvalue weighted by molar-refractivity contribution is 0.915. The van der Waals surface area contributed by atoms with Crippen molar-refractivity contribution < 1.29 is 0 Å². The molecule has 0 saturated heterocycles. The molecule has 0 aliphatic heterocycles. The Morgan fingerprint density at radius 3 is 2.57 bits per heavy atom. The first kappa shape index (κ1) is 11.8. The van der Waals surface area contributed by atoms with Crippen molar-refractivity contribution in [2.24, 2.45) is 0 Å². The number of aromatic nitrogens is 4. The van der Waals surface area contributed by atoms with Crippen LogP contribution in [0, 0.1) is 6.92 Å². The first-order valence-corrected chi connectivity index (χ1v) is 6.71. The van der Waals surface area contributed by atoms with Gasteiger partial charge in [-0.25, -0.2) is 0 Å². The molecule has 0 fully saturated rings. The Labute approximate surface area is 121 Å². The molecule has 2 aromatic carbocycles. The lowest BCUT2D eigenvalue weighted by atomic mass is 10.1. The summed E-state index contributed by atoms with van der Waals surface area (Å²) in [6.07, 6.45) is 0. The molecule has 0 aliphatic rings. The van der Waals surface area contributed by atoms with Crippen molar-refractivity contribution in [2.75, 3.05) is 5.73 Å². The number of aryl methyl sites for hydroxylation is 1. The molecular formula is C16H13N5. The average Bonchev–Trinajstić information content (AvgIpc) is 2.91. The number of rotatable bonds is 1. The van der Waals surface area contributed by atoms with Gasteiger partial charge in [0.2, 0.25) is 0 Å². The van der Waals surface area contributed by atoms with Crippen LogP contribution in [0.15, 0.2) is 48.5 Å². The summed E-state index contributed by atoms with van der Waals surface area (Å²) < 4.78 is 1.78. The summed E-state index contributed by atoms with van der Waals surface area (Å²) in [5, 5.41) is 15.4. The fourth-order valence-corrected chi connectivity index (χ4v) is 2.60. The Kier molecular flexibility index (Phi) is 2.41. The second kappa shape index (κ2) is 4.28. The summed E-state index contributed by atoms with van der Waals surface area (Å²) in [4.78, 5) is 0. The Bertz CT molecular complexity index is 971. The summed E-state index contributed by atoms with van der Waals surface area (Å²) in [5.41, 5.74) is 9.16. The summed E-state index contributed by atoms with van der Waals surface area (Å²) in [7, 11) is 0. The second-order valence-electron chi connectivity index (χ2n) is 5.02. The average molecular weight is 275 g/mol. The molecule has 0 atom stereocenters. The van der Waals surface area contributed by atoms with Crippen LogP contribution in [0.3, 0.4) is 0 Å². The highest BCUT2D eigenvalue weighted by molar-refractivity contribution is 5.95. The molecule has 0 aliphatic carbocycles. The van der Waals surface area contributed by atoms with E-state index in [0.717, 1.165) is 27.7 Å². The molecule has 0 amide bonds. The summed E-state index contributed by atoms with van der Waals surface area (Å²) >= 11 is 0. The van der Waals surface area contributed by atoms with Gasteiger partial charge in [-0.1, -0.05) is 36.4 Å². The molecule has 5 heteroatoms. The van der Waals surface area contributed by atoms with Crippen LogP contribution in [0.1, 0.15) is 5.69 Å². The van der Waals surface area contributed by atoms with Crippen LogP contribution in [0.5, 0.6) is 0 Å². The highest BCUT2D eigenvalue weighted by Crippen LogP contribution is 2.25. The van der Waals surface area contributed by atoms with E-state index in [4.69, 9.17) is 5.73 Å². The van der Waals surface area contributed by atoms with Crippen molar-refractivity contribution >= 4 is 22.1 Å². The van der Waals surface area contributed by atoms with Gasteiger partial charge in [0, 0.05) is 22.0 Å². The van der Waals surface area contributed by atoms with Crippen molar-refractivity contribution in [3.8, 4) is 11.4 Å². The van der Waals surface area contributed by atoms with Gasteiger partial charge in [-0.3, -0.25) is 0 Å². The molecule has 0 unspecified atom stereocenters. The molecule has 2 aromatic heterocycles. The quantitative estimate of drug-likeness (QED) is 0.542. The van der Waals surface area contributed by atoms with Gasteiger partial charge in [0.1, 0.15) is 0 Å². The Balaban J connectivity index is 2.09. The zero-order valence-electron chi connectivity index (χ0n) is 11.5. The van der Waals surface area contributed by atoms with Crippen LogP contribution in [0.2, 0.25) is 0 Å². The minimum Gasteiger partial charge on any atom is -0.399 e. The Morgan fingerprint density at radius 1 is 0.952 bits per heavy atom. The molecule has 0 radical (unpaired) electrons. The molecule has 4 aromatic rings. The van der Waals surface area contributed by atoms with E-state index in [-0.39, 0.29) is 0 Å². The molecule has 21 heavy (non-hydrogen) atoms. The summed E-state index contributed by atoms with van der Waals surface area (Å²) in [6, 6.07) is 15.7. The normalized spacial score (nSPS) is 11.3. The maximum atomic E-state index is 5.85. The SMILES string of the molecule is Cc1nn2c(-c3cccc(N)c3)nnc2c2ccccc12. The van der Waals surface area contributed by atoms with Crippen LogP contribution in [-0.2, 0) is 0 Å². The second-order valence-corrected chi connectivity index (χ2v) is 5.02. The van der Waals surface area contributed by atoms with Gasteiger partial charge in [0.15, 0.2) is 11.5 Å². The lowest BCUT2D eigenvalue weighted by Gasteiger charge is -2.05. The number of fused-ring (bicyclic) bond motifs is 3. The molecule has 0 bridgehead atoms. The van der Waals surface area contributed by atoms with Gasteiger partial charge in [-0.05, 0) is 19.1 Å². The van der Waals surface area contributed by atoms with Gasteiger partial charge >= 0.3 is 0 Å². The smallest absolute Gasteiger partial charge is 0.186 e. The molecule has 0 saturated carbocycles. The molecular weight excluding hydrogens is 262 g/mol. The van der Waals surface area contributed by atoms with Crippen molar-refractivity contribution in [1.82, 2.24) is 19.8 Å². The predicted octanol–water partition coefficient (Wildman–Crippen LogP) is 2.84. The fourth-order valence-electron chi connectivity index (χ4n) is 2.60. The number of anilines is 1. The van der Waals surface area contributed by atoms with Crippen LogP contribution in [0.4, 0.5) is 5.69 Å². The number of nitrogens with two attached hydrogens (primary N) is 1. The van der Waals surface area contributed by atoms with Gasteiger partial charge in [-0.2, -0.15) is 9.61 Å². The van der Waals surface area contributed by atoms with E-state index < -0.39 is 0 Å². The van der Waals surface area contributed by atoms with Crippen molar-refractivity contribution in [3.63, 3.8) is 0 Å². The van der Waals surface area contributed by atoms with E-state index >= 15 is 0 Å². The van der Waals surface area contributed by atoms with Crippen molar-refractivity contribution in [3.05, 3.63) is 54.2 Å². The third-order valence-corrected chi connectivity index (χ3v) is 3.59. The number of hydrogen-bond acceptors (Lipinski definition) is 4. The topological polar surface area (TPSA) is 69.1 Å². The van der Waals surface area contributed by atoms with Gasteiger partial charge in [-0.15, -0.1) is 10.2 Å². The lowest BCUT2D eigenvalue weighted by Crippen LogP contribution is -1.99. The highest BCUT2D eigenvalue weighted by Gasteiger charge is 2.13. The van der Waals surface area contributed by atoms with Crippen LogP contribution in [0.25, 0.3) is 27.8 Å². The number of nitrogen functional groups attached to an aromatic ring is 1. The third-order valence-electron chi connectivity index (χ3n) is 3.59. The monoisotopic (exact) mass is 275 g/mol. The maximum absolute atomic E-state index is 5.85. The predicted molar refractivity (Wildman–Crippen MR) is 82.9 cm³/mol. The first-order valence-electron chi connectivity index (χ1n) is 6.71. The zero-order valence-corrected chi connectivity index (χ0v) is 11.5. The number of benzene rings is 2. The molecule has 2 N–H and O–H groups in total. The molecule has 5 nitrogen and oxygen atoms in total. The van der Waals surface area contributed by atoms with Crippen LogP contribution in [-0.4, -0.2) is 19.8 Å². The van der Waals surface area contributed by atoms with E-state index in [1.807, 2.05) is 55.5 Å². The van der Waals surface area contributed by atoms with E-state index in [1.165, 1.54) is 0 Å². The molecule has 4 rings (SSSR count). The first-order chi connectivity index (χ1) is 10.2. The zero-order chi connectivity index (χ0) is 14.4. The van der Waals surface area contributed by atoms with E-state index in [2.05, 4.69) is 15.3 Å². The Hall–Kier alpha value is -2.95. The minimum atomic E-state index is 0.696. The fraction of sp³-hybridized carbons (Fsp3) is 0.0625. The van der Waals surface area contributed by atoms with E-state index in [1.54, 1.807) is 4.52 Å². The summed E-state index contributed by atoms with van der Waals surface area (Å²) in [5.74, 6) is 0.700.